The van der Waals surface area contributed by atoms with Crippen molar-refractivity contribution in [1.29, 1.82) is 0 Å². The number of carboxylic acid groups (broad SMARTS) is 1. The van der Waals surface area contributed by atoms with Crippen LogP contribution in [0.15, 0.2) is 30.3 Å². The van der Waals surface area contributed by atoms with Gasteiger partial charge in [0.05, 0.1) is 5.92 Å². The Morgan fingerprint density at radius 3 is 2.35 bits per heavy atom. The van der Waals surface area contributed by atoms with E-state index in [2.05, 4.69) is 12.2 Å². The van der Waals surface area contributed by atoms with Crippen molar-refractivity contribution < 1.29 is 9.90 Å². The fourth-order valence-electron chi connectivity index (χ4n) is 2.09. The summed E-state index contributed by atoms with van der Waals surface area (Å²) in [6.45, 7) is 5.90. The first kappa shape index (κ1) is 13.7. The highest BCUT2D eigenvalue weighted by molar-refractivity contribution is 5.70. The van der Waals surface area contributed by atoms with Crippen molar-refractivity contribution in [3.63, 3.8) is 0 Å². The van der Waals surface area contributed by atoms with Gasteiger partial charge in [-0.3, -0.25) is 4.79 Å². The zero-order valence-corrected chi connectivity index (χ0v) is 10.7. The first-order valence-electron chi connectivity index (χ1n) is 6.10. The normalized spacial score (nSPS) is 16.2. The second kappa shape index (κ2) is 6.40. The number of carbonyl (C=O) groups is 1. The molecule has 0 spiro atoms. The van der Waals surface area contributed by atoms with Crippen molar-refractivity contribution in [2.75, 3.05) is 0 Å². The van der Waals surface area contributed by atoms with Crippen molar-refractivity contribution in [2.45, 2.75) is 39.3 Å². The van der Waals surface area contributed by atoms with E-state index < -0.39 is 5.97 Å². The molecule has 0 heterocycles. The molecule has 3 heteroatoms. The SMILES string of the molecule is CCC(C(=O)O)C(C)NC(C)c1ccccc1. The first-order chi connectivity index (χ1) is 8.06. The van der Waals surface area contributed by atoms with Crippen LogP contribution in [0.3, 0.4) is 0 Å². The molecule has 3 unspecified atom stereocenters. The van der Waals surface area contributed by atoms with Crippen LogP contribution in [-0.4, -0.2) is 17.1 Å². The van der Waals surface area contributed by atoms with Crippen molar-refractivity contribution >= 4 is 5.97 Å². The molecule has 0 aromatic heterocycles. The number of aliphatic carboxylic acids is 1. The van der Waals surface area contributed by atoms with E-state index in [-0.39, 0.29) is 18.0 Å². The molecule has 1 aromatic rings. The summed E-state index contributed by atoms with van der Waals surface area (Å²) in [7, 11) is 0. The molecule has 0 aliphatic rings. The van der Waals surface area contributed by atoms with Gasteiger partial charge < -0.3 is 10.4 Å². The average Bonchev–Trinajstić information content (AvgIpc) is 2.30. The lowest BCUT2D eigenvalue weighted by atomic mass is 9.97. The Morgan fingerprint density at radius 2 is 1.88 bits per heavy atom. The largest absolute Gasteiger partial charge is 0.481 e. The highest BCUT2D eigenvalue weighted by Gasteiger charge is 2.23. The summed E-state index contributed by atoms with van der Waals surface area (Å²) < 4.78 is 0. The van der Waals surface area contributed by atoms with Crippen LogP contribution in [0.5, 0.6) is 0 Å². The Hall–Kier alpha value is -1.35. The lowest BCUT2D eigenvalue weighted by molar-refractivity contribution is -0.142. The molecule has 17 heavy (non-hydrogen) atoms. The molecular weight excluding hydrogens is 214 g/mol. The number of hydrogen-bond donors (Lipinski definition) is 2. The van der Waals surface area contributed by atoms with E-state index in [4.69, 9.17) is 5.11 Å². The number of hydrogen-bond acceptors (Lipinski definition) is 2. The Bertz CT molecular complexity index is 350. The van der Waals surface area contributed by atoms with Crippen LogP contribution < -0.4 is 5.32 Å². The van der Waals surface area contributed by atoms with E-state index in [1.807, 2.05) is 44.2 Å². The van der Waals surface area contributed by atoms with Crippen LogP contribution in [0.25, 0.3) is 0 Å². The Labute approximate surface area is 103 Å². The van der Waals surface area contributed by atoms with Gasteiger partial charge in [0.1, 0.15) is 0 Å². The monoisotopic (exact) mass is 235 g/mol. The Balaban J connectivity index is 2.62. The molecule has 0 saturated carbocycles. The standard InChI is InChI=1S/C14H21NO2/c1-4-13(14(16)17)11(3)15-10(2)12-8-6-5-7-9-12/h5-11,13,15H,4H2,1-3H3,(H,16,17). The summed E-state index contributed by atoms with van der Waals surface area (Å²) in [5.41, 5.74) is 1.18. The molecule has 3 atom stereocenters. The second-order valence-electron chi connectivity index (χ2n) is 4.44. The van der Waals surface area contributed by atoms with E-state index >= 15 is 0 Å². The first-order valence-corrected chi connectivity index (χ1v) is 6.10. The molecule has 1 aromatic carbocycles. The maximum absolute atomic E-state index is 11.0. The van der Waals surface area contributed by atoms with Crippen LogP contribution in [0, 0.1) is 5.92 Å². The number of nitrogens with one attached hydrogen (secondary N) is 1. The van der Waals surface area contributed by atoms with E-state index in [1.165, 1.54) is 5.56 Å². The van der Waals surface area contributed by atoms with Crippen LogP contribution >= 0.6 is 0 Å². The van der Waals surface area contributed by atoms with Crippen molar-refractivity contribution in [3.8, 4) is 0 Å². The lowest BCUT2D eigenvalue weighted by Gasteiger charge is -2.24. The van der Waals surface area contributed by atoms with E-state index in [9.17, 15) is 4.79 Å². The molecule has 94 valence electrons. The van der Waals surface area contributed by atoms with Gasteiger partial charge in [-0.2, -0.15) is 0 Å². The number of rotatable bonds is 6. The van der Waals surface area contributed by atoms with Gasteiger partial charge in [0.15, 0.2) is 0 Å². The maximum Gasteiger partial charge on any atom is 0.308 e. The fourth-order valence-corrected chi connectivity index (χ4v) is 2.09. The molecule has 0 aliphatic heterocycles. The van der Waals surface area contributed by atoms with Gasteiger partial charge in [0, 0.05) is 12.1 Å². The summed E-state index contributed by atoms with van der Waals surface area (Å²) in [5.74, 6) is -1.06. The van der Waals surface area contributed by atoms with Crippen molar-refractivity contribution in [2.24, 2.45) is 5.92 Å². The van der Waals surface area contributed by atoms with E-state index in [0.717, 1.165) is 0 Å². The smallest absolute Gasteiger partial charge is 0.308 e. The maximum atomic E-state index is 11.0. The third kappa shape index (κ3) is 3.86. The number of benzene rings is 1. The minimum Gasteiger partial charge on any atom is -0.481 e. The summed E-state index contributed by atoms with van der Waals surface area (Å²) in [4.78, 5) is 11.0. The zero-order valence-electron chi connectivity index (χ0n) is 10.7. The van der Waals surface area contributed by atoms with E-state index in [1.54, 1.807) is 0 Å². The molecule has 0 bridgehead atoms. The van der Waals surface area contributed by atoms with Gasteiger partial charge in [-0.15, -0.1) is 0 Å². The highest BCUT2D eigenvalue weighted by atomic mass is 16.4. The summed E-state index contributed by atoms with van der Waals surface area (Å²) in [5, 5.41) is 12.4. The summed E-state index contributed by atoms with van der Waals surface area (Å²) >= 11 is 0. The Kier molecular flexibility index (Phi) is 5.16. The molecule has 0 radical (unpaired) electrons. The average molecular weight is 235 g/mol. The molecule has 1 rings (SSSR count). The van der Waals surface area contributed by atoms with Gasteiger partial charge in [0.25, 0.3) is 0 Å². The Morgan fingerprint density at radius 1 is 1.29 bits per heavy atom. The van der Waals surface area contributed by atoms with E-state index in [0.29, 0.717) is 6.42 Å². The lowest BCUT2D eigenvalue weighted by Crippen LogP contribution is -2.38. The fraction of sp³-hybridized carbons (Fsp3) is 0.500. The molecule has 0 saturated heterocycles. The third-order valence-corrected chi connectivity index (χ3v) is 3.17. The van der Waals surface area contributed by atoms with Crippen LogP contribution in [0.2, 0.25) is 0 Å². The van der Waals surface area contributed by atoms with Crippen LogP contribution in [0.1, 0.15) is 38.8 Å². The van der Waals surface area contributed by atoms with Crippen LogP contribution in [0.4, 0.5) is 0 Å². The van der Waals surface area contributed by atoms with Gasteiger partial charge >= 0.3 is 5.97 Å². The summed E-state index contributed by atoms with van der Waals surface area (Å²) in [6.07, 6.45) is 0.644. The predicted molar refractivity (Wildman–Crippen MR) is 68.9 cm³/mol. The summed E-state index contributed by atoms with van der Waals surface area (Å²) in [6, 6.07) is 10.2. The van der Waals surface area contributed by atoms with Gasteiger partial charge in [0.2, 0.25) is 0 Å². The predicted octanol–water partition coefficient (Wildman–Crippen LogP) is 2.84. The van der Waals surface area contributed by atoms with Gasteiger partial charge in [-0.25, -0.2) is 0 Å². The third-order valence-electron chi connectivity index (χ3n) is 3.17. The minimum atomic E-state index is -0.729. The molecular formula is C14H21NO2. The quantitative estimate of drug-likeness (QED) is 0.797. The van der Waals surface area contributed by atoms with Crippen molar-refractivity contribution in [3.05, 3.63) is 35.9 Å². The molecule has 3 nitrogen and oxygen atoms in total. The van der Waals surface area contributed by atoms with Gasteiger partial charge in [-0.05, 0) is 25.8 Å². The molecule has 0 aliphatic carbocycles. The number of carboxylic acids is 1. The second-order valence-corrected chi connectivity index (χ2v) is 4.44. The van der Waals surface area contributed by atoms with Crippen molar-refractivity contribution in [1.82, 2.24) is 5.32 Å². The van der Waals surface area contributed by atoms with Gasteiger partial charge in [-0.1, -0.05) is 37.3 Å². The topological polar surface area (TPSA) is 49.3 Å². The minimum absolute atomic E-state index is 0.0345. The molecule has 2 N–H and O–H groups in total. The zero-order chi connectivity index (χ0) is 12.8. The van der Waals surface area contributed by atoms with Crippen LogP contribution in [-0.2, 0) is 4.79 Å². The molecule has 0 fully saturated rings. The molecule has 0 amide bonds. The highest BCUT2D eigenvalue weighted by Crippen LogP contribution is 2.16.